The van der Waals surface area contributed by atoms with Gasteiger partial charge in [0.05, 0.1) is 24.0 Å². The van der Waals surface area contributed by atoms with Gasteiger partial charge in [-0.05, 0) is 18.1 Å². The van der Waals surface area contributed by atoms with Crippen molar-refractivity contribution in [2.24, 2.45) is 0 Å². The topological polar surface area (TPSA) is 59.3 Å². The van der Waals surface area contributed by atoms with Crippen molar-refractivity contribution in [1.82, 2.24) is 0 Å². The summed E-state index contributed by atoms with van der Waals surface area (Å²) < 4.78 is 10.3. The van der Waals surface area contributed by atoms with E-state index in [0.29, 0.717) is 31.1 Å². The summed E-state index contributed by atoms with van der Waals surface area (Å²) >= 11 is 1.45. The fourth-order valence-corrected chi connectivity index (χ4v) is 2.33. The lowest BCUT2D eigenvalue weighted by molar-refractivity contribution is -0.141. The molecule has 0 N–H and O–H groups in total. The number of thioether (sulfide) groups is 1. The maximum Gasteiger partial charge on any atom is 0.315 e. The molecule has 108 valence electrons. The van der Waals surface area contributed by atoms with E-state index in [2.05, 4.69) is 6.07 Å². The van der Waals surface area contributed by atoms with Crippen molar-refractivity contribution in [3.8, 4) is 6.07 Å². The van der Waals surface area contributed by atoms with E-state index in [0.717, 1.165) is 12.0 Å². The molecular weight excluding hydrogens is 274 g/mol. The Kier molecular flexibility index (Phi) is 8.52. The van der Waals surface area contributed by atoms with Crippen molar-refractivity contribution in [1.29, 1.82) is 5.26 Å². The fraction of sp³-hybridized carbons (Fsp3) is 0.467. The maximum absolute atomic E-state index is 11.5. The number of ether oxygens (including phenoxy) is 2. The molecule has 0 saturated carbocycles. The lowest BCUT2D eigenvalue weighted by atomic mass is 10.1. The van der Waals surface area contributed by atoms with Crippen LogP contribution in [0.1, 0.15) is 24.5 Å². The fourth-order valence-electron chi connectivity index (χ4n) is 1.50. The van der Waals surface area contributed by atoms with Gasteiger partial charge in [0.1, 0.15) is 6.61 Å². The first-order chi connectivity index (χ1) is 9.77. The van der Waals surface area contributed by atoms with Gasteiger partial charge in [0.2, 0.25) is 0 Å². The molecular formula is C15H19NO3S. The van der Waals surface area contributed by atoms with E-state index < -0.39 is 0 Å². The first-order valence-electron chi connectivity index (χ1n) is 6.57. The maximum atomic E-state index is 11.5. The molecule has 0 radical (unpaired) electrons. The first-order valence-corrected chi connectivity index (χ1v) is 7.72. The van der Waals surface area contributed by atoms with Gasteiger partial charge in [-0.2, -0.15) is 5.26 Å². The van der Waals surface area contributed by atoms with Gasteiger partial charge in [-0.3, -0.25) is 4.79 Å². The highest BCUT2D eigenvalue weighted by atomic mass is 32.2. The minimum atomic E-state index is -0.246. The quantitative estimate of drug-likeness (QED) is 0.517. The largest absolute Gasteiger partial charge is 0.463 e. The van der Waals surface area contributed by atoms with Crippen LogP contribution < -0.4 is 0 Å². The van der Waals surface area contributed by atoms with Gasteiger partial charge in [0.15, 0.2) is 0 Å². The molecule has 0 aliphatic heterocycles. The second-order valence-corrected chi connectivity index (χ2v) is 5.08. The number of carbonyl (C=O) groups excluding carboxylic acids is 1. The Bertz CT molecular complexity index is 457. The monoisotopic (exact) mass is 293 g/mol. The van der Waals surface area contributed by atoms with Crippen LogP contribution in [0.15, 0.2) is 24.3 Å². The number of nitriles is 1. The molecule has 0 heterocycles. The average molecular weight is 293 g/mol. The molecule has 0 atom stereocenters. The van der Waals surface area contributed by atoms with E-state index in [4.69, 9.17) is 14.7 Å². The Labute approximate surface area is 124 Å². The Morgan fingerprint density at radius 3 is 2.85 bits per heavy atom. The summed E-state index contributed by atoms with van der Waals surface area (Å²) in [6.45, 7) is 3.47. The van der Waals surface area contributed by atoms with Crippen molar-refractivity contribution in [3.63, 3.8) is 0 Å². The number of carbonyl (C=O) groups is 1. The SMILES string of the molecule is CCCOCCOC(=O)CSCc1ccccc1C#N. The smallest absolute Gasteiger partial charge is 0.315 e. The number of hydrogen-bond acceptors (Lipinski definition) is 5. The van der Waals surface area contributed by atoms with Crippen LogP contribution in [0.3, 0.4) is 0 Å². The van der Waals surface area contributed by atoms with Gasteiger partial charge >= 0.3 is 5.97 Å². The molecule has 0 fully saturated rings. The van der Waals surface area contributed by atoms with Gasteiger partial charge in [-0.1, -0.05) is 25.1 Å². The molecule has 0 aliphatic rings. The summed E-state index contributed by atoms with van der Waals surface area (Å²) in [5.41, 5.74) is 1.60. The van der Waals surface area contributed by atoms with E-state index in [1.54, 1.807) is 6.07 Å². The summed E-state index contributed by atoms with van der Waals surface area (Å²) in [6, 6.07) is 9.54. The van der Waals surface area contributed by atoms with Gasteiger partial charge in [-0.15, -0.1) is 11.8 Å². The Hall–Kier alpha value is -1.51. The zero-order chi connectivity index (χ0) is 14.6. The van der Waals surface area contributed by atoms with E-state index in [1.165, 1.54) is 11.8 Å². The minimum Gasteiger partial charge on any atom is -0.463 e. The molecule has 0 aromatic heterocycles. The third-order valence-corrected chi connectivity index (χ3v) is 3.41. The Morgan fingerprint density at radius 2 is 2.10 bits per heavy atom. The normalized spacial score (nSPS) is 10.0. The molecule has 1 rings (SSSR count). The first kappa shape index (κ1) is 16.5. The third kappa shape index (κ3) is 6.60. The van der Waals surface area contributed by atoms with E-state index in [1.807, 2.05) is 25.1 Å². The number of benzene rings is 1. The zero-order valence-corrected chi connectivity index (χ0v) is 12.4. The second-order valence-electron chi connectivity index (χ2n) is 4.09. The molecule has 1 aromatic carbocycles. The van der Waals surface area contributed by atoms with Crippen molar-refractivity contribution in [2.75, 3.05) is 25.6 Å². The molecule has 0 saturated heterocycles. The molecule has 5 heteroatoms. The summed E-state index contributed by atoms with van der Waals surface area (Å²) in [4.78, 5) is 11.5. The van der Waals surface area contributed by atoms with Crippen LogP contribution >= 0.6 is 11.8 Å². The van der Waals surface area contributed by atoms with Crippen LogP contribution in [0.2, 0.25) is 0 Å². The molecule has 0 aliphatic carbocycles. The number of nitrogens with zero attached hydrogens (tertiary/aromatic N) is 1. The van der Waals surface area contributed by atoms with Crippen LogP contribution in [-0.4, -0.2) is 31.5 Å². The predicted molar refractivity (Wildman–Crippen MR) is 79.4 cm³/mol. The standard InChI is InChI=1S/C15H19NO3S/c1-2-7-18-8-9-19-15(17)12-20-11-14-6-4-3-5-13(14)10-16/h3-6H,2,7-9,11-12H2,1H3. The van der Waals surface area contributed by atoms with Crippen LogP contribution in [-0.2, 0) is 20.0 Å². The highest BCUT2D eigenvalue weighted by molar-refractivity contribution is 7.99. The summed E-state index contributed by atoms with van der Waals surface area (Å²) in [6.07, 6.45) is 0.960. The average Bonchev–Trinajstić information content (AvgIpc) is 2.47. The lowest BCUT2D eigenvalue weighted by Crippen LogP contribution is -2.12. The van der Waals surface area contributed by atoms with Crippen LogP contribution in [0.25, 0.3) is 0 Å². The van der Waals surface area contributed by atoms with Crippen LogP contribution in [0.5, 0.6) is 0 Å². The zero-order valence-electron chi connectivity index (χ0n) is 11.6. The Balaban J connectivity index is 2.17. The molecule has 0 bridgehead atoms. The van der Waals surface area contributed by atoms with Crippen molar-refractivity contribution in [2.45, 2.75) is 19.1 Å². The molecule has 1 aromatic rings. The van der Waals surface area contributed by atoms with Crippen molar-refractivity contribution >= 4 is 17.7 Å². The van der Waals surface area contributed by atoms with Gasteiger partial charge in [0.25, 0.3) is 0 Å². The van der Waals surface area contributed by atoms with E-state index >= 15 is 0 Å². The van der Waals surface area contributed by atoms with Crippen molar-refractivity contribution in [3.05, 3.63) is 35.4 Å². The molecule has 4 nitrogen and oxygen atoms in total. The van der Waals surface area contributed by atoms with Crippen molar-refractivity contribution < 1.29 is 14.3 Å². The molecule has 0 spiro atoms. The van der Waals surface area contributed by atoms with Gasteiger partial charge in [-0.25, -0.2) is 0 Å². The summed E-state index contributed by atoms with van der Waals surface area (Å²) in [7, 11) is 0. The molecule has 0 amide bonds. The highest BCUT2D eigenvalue weighted by Crippen LogP contribution is 2.16. The van der Waals surface area contributed by atoms with E-state index in [-0.39, 0.29) is 11.7 Å². The number of esters is 1. The van der Waals surface area contributed by atoms with Gasteiger partial charge < -0.3 is 9.47 Å². The summed E-state index contributed by atoms with van der Waals surface area (Å²) in [5.74, 6) is 0.670. The summed E-state index contributed by atoms with van der Waals surface area (Å²) in [5, 5.41) is 8.95. The number of rotatable bonds is 9. The second kappa shape index (κ2) is 10.3. The van der Waals surface area contributed by atoms with E-state index in [9.17, 15) is 4.79 Å². The van der Waals surface area contributed by atoms with Gasteiger partial charge in [0, 0.05) is 12.4 Å². The lowest BCUT2D eigenvalue weighted by Gasteiger charge is -2.06. The third-order valence-electron chi connectivity index (χ3n) is 2.45. The van der Waals surface area contributed by atoms with Crippen LogP contribution in [0.4, 0.5) is 0 Å². The minimum absolute atomic E-state index is 0.246. The van der Waals surface area contributed by atoms with Crippen LogP contribution in [0, 0.1) is 11.3 Å². The molecule has 0 unspecified atom stereocenters. The molecule has 20 heavy (non-hydrogen) atoms. The Morgan fingerprint density at radius 1 is 1.30 bits per heavy atom. The highest BCUT2D eigenvalue weighted by Gasteiger charge is 2.05. The number of hydrogen-bond donors (Lipinski definition) is 0. The predicted octanol–water partition coefficient (Wildman–Crippen LogP) is 2.76.